The summed E-state index contributed by atoms with van der Waals surface area (Å²) in [7, 11) is 1.75. The van der Waals surface area contributed by atoms with Gasteiger partial charge in [0.25, 0.3) is 11.5 Å². The number of likely N-dealkylation sites (tertiary alicyclic amines) is 1. The minimum absolute atomic E-state index is 0.0189. The molecule has 3 amide bonds. The second-order valence-corrected chi connectivity index (χ2v) is 17.7. The quantitative estimate of drug-likeness (QED) is 0.0368. The number of allylic oxidation sites excluding steroid dienone is 2. The number of thiol groups is 1. The molecule has 62 heavy (non-hydrogen) atoms. The van der Waals surface area contributed by atoms with Gasteiger partial charge >= 0.3 is 0 Å². The number of hydrogen-bond donors (Lipinski definition) is 7. The second kappa shape index (κ2) is 18.2. The fraction of sp³-hybridized carbons (Fsp3) is 0.447. The van der Waals surface area contributed by atoms with Gasteiger partial charge in [-0.3, -0.25) is 34.3 Å². The van der Waals surface area contributed by atoms with Crippen molar-refractivity contribution in [1.82, 2.24) is 35.3 Å². The fourth-order valence-corrected chi connectivity index (χ4v) is 9.45. The molecule has 6 N–H and O–H groups in total. The highest BCUT2D eigenvalue weighted by atomic mass is 32.1. The molecule has 4 aromatic rings. The molecule has 15 heteroatoms. The molecule has 2 aliphatic heterocycles. The van der Waals surface area contributed by atoms with Crippen LogP contribution in [0.15, 0.2) is 82.1 Å². The summed E-state index contributed by atoms with van der Waals surface area (Å²) in [6.45, 7) is 9.79. The van der Waals surface area contributed by atoms with Crippen molar-refractivity contribution in [3.05, 3.63) is 98.9 Å². The van der Waals surface area contributed by atoms with E-state index < -0.39 is 5.25 Å². The molecule has 0 spiro atoms. The fourth-order valence-electron chi connectivity index (χ4n) is 9.17. The van der Waals surface area contributed by atoms with Crippen LogP contribution in [0.2, 0.25) is 0 Å². The zero-order chi connectivity index (χ0) is 43.8. The van der Waals surface area contributed by atoms with Gasteiger partial charge in [-0.05, 0) is 101 Å². The van der Waals surface area contributed by atoms with Crippen molar-refractivity contribution in [1.29, 1.82) is 0 Å². The van der Waals surface area contributed by atoms with Gasteiger partial charge in [-0.15, -0.1) is 0 Å². The molecule has 14 nitrogen and oxygen atoms in total. The molecular formula is C47H59N9O5S. The molecule has 4 unspecified atom stereocenters. The predicted octanol–water partition coefficient (Wildman–Crippen LogP) is 5.83. The lowest BCUT2D eigenvalue weighted by Gasteiger charge is -2.34. The second-order valence-electron chi connectivity index (χ2n) is 17.1. The molecule has 4 atom stereocenters. The van der Waals surface area contributed by atoms with Gasteiger partial charge in [0, 0.05) is 101 Å². The topological polar surface area (TPSA) is 167 Å². The first kappa shape index (κ1) is 43.3. The summed E-state index contributed by atoms with van der Waals surface area (Å²) < 4.78 is 1.59. The number of para-hydroxylation sites is 1. The number of aromatic nitrogens is 2. The van der Waals surface area contributed by atoms with Crippen molar-refractivity contribution in [2.24, 2.45) is 7.05 Å². The zero-order valence-corrected chi connectivity index (χ0v) is 37.2. The van der Waals surface area contributed by atoms with Gasteiger partial charge in [0.15, 0.2) is 0 Å². The van der Waals surface area contributed by atoms with Crippen molar-refractivity contribution >= 4 is 58.3 Å². The maximum Gasteiger partial charge on any atom is 0.274 e. The number of anilines is 3. The van der Waals surface area contributed by atoms with Crippen LogP contribution in [-0.4, -0.2) is 92.0 Å². The number of aryl methyl sites for hydroxylation is 1. The van der Waals surface area contributed by atoms with Gasteiger partial charge in [0.1, 0.15) is 11.2 Å². The minimum atomic E-state index is -0.582. The number of rotatable bonds is 18. The smallest absolute Gasteiger partial charge is 0.274 e. The number of imide groups is 1. The zero-order valence-electron chi connectivity index (χ0n) is 36.3. The number of carbonyl (C=O) groups excluding carboxylic acids is 3. The van der Waals surface area contributed by atoms with Gasteiger partial charge < -0.3 is 35.5 Å². The Morgan fingerprint density at radius 2 is 1.74 bits per heavy atom. The van der Waals surface area contributed by atoms with Crippen molar-refractivity contribution in [2.45, 2.75) is 103 Å². The van der Waals surface area contributed by atoms with E-state index in [2.05, 4.69) is 88.0 Å². The normalized spacial score (nSPS) is 18.2. The van der Waals surface area contributed by atoms with E-state index in [9.17, 15) is 24.3 Å². The molecular weight excluding hydrogens is 803 g/mol. The van der Waals surface area contributed by atoms with Crippen LogP contribution >= 0.6 is 12.6 Å². The summed E-state index contributed by atoms with van der Waals surface area (Å²) in [5, 5.41) is 24.8. The molecule has 8 rings (SSSR count). The largest absolute Gasteiger partial charge is 0.381 e. The summed E-state index contributed by atoms with van der Waals surface area (Å²) in [5.41, 5.74) is 11.0. The van der Waals surface area contributed by atoms with Crippen molar-refractivity contribution in [3.63, 3.8) is 0 Å². The van der Waals surface area contributed by atoms with Gasteiger partial charge in [0.2, 0.25) is 11.8 Å². The van der Waals surface area contributed by atoms with E-state index in [0.717, 1.165) is 82.6 Å². The highest BCUT2D eigenvalue weighted by molar-refractivity contribution is 7.81. The molecule has 1 saturated heterocycles. The first-order chi connectivity index (χ1) is 29.9. The minimum Gasteiger partial charge on any atom is -0.381 e. The maximum absolute atomic E-state index is 13.6. The van der Waals surface area contributed by atoms with Crippen LogP contribution in [-0.2, 0) is 23.2 Å². The maximum atomic E-state index is 13.6. The van der Waals surface area contributed by atoms with Crippen LogP contribution in [0.1, 0.15) is 88.7 Å². The van der Waals surface area contributed by atoms with E-state index >= 15 is 0 Å². The Labute approximate surface area is 368 Å². The van der Waals surface area contributed by atoms with Gasteiger partial charge in [-0.25, -0.2) is 0 Å². The Kier molecular flexibility index (Phi) is 12.7. The number of fused-ring (bicyclic) bond motifs is 2. The lowest BCUT2D eigenvalue weighted by Crippen LogP contribution is -2.46. The number of aliphatic hydroxyl groups excluding tert-OH is 1. The Morgan fingerprint density at radius 3 is 2.39 bits per heavy atom. The molecule has 0 bridgehead atoms. The first-order valence-corrected chi connectivity index (χ1v) is 22.5. The standard InChI is InChI=1S/C47H59N9O5S/c1-6-32(19-27(3)56-40(58)21-39(62)46(56)60)54(26-57)24-37(29-13-14-29)50-25-49-28(4)42(30-15-16-30)51-31-17-18-38-34(20-31)35-22-53(5)47(61)44-41(35)36(43(52-44)45(59)48-7-2)23-55(38)33-11-9-8-10-12-33/h8-12,17-18,20,22,27-28,32,39,49-52,57,62H,6-7,13-16,19,21,23-26H2,1-5H3,(H,48,59). The van der Waals surface area contributed by atoms with E-state index in [1.165, 1.54) is 16.0 Å². The Hall–Kier alpha value is -5.35. The molecule has 2 saturated carbocycles. The van der Waals surface area contributed by atoms with Crippen molar-refractivity contribution in [3.8, 4) is 11.1 Å². The van der Waals surface area contributed by atoms with Gasteiger partial charge in [-0.1, -0.05) is 25.1 Å². The summed E-state index contributed by atoms with van der Waals surface area (Å²) >= 11 is 4.30. The summed E-state index contributed by atoms with van der Waals surface area (Å²) in [5.74, 6) is -0.663. The number of pyridine rings is 1. The molecule has 2 aromatic carbocycles. The molecule has 328 valence electrons. The number of aliphatic hydroxyl groups is 1. The first-order valence-electron chi connectivity index (χ1n) is 22.0. The molecule has 4 aliphatic rings. The summed E-state index contributed by atoms with van der Waals surface area (Å²) in [6.07, 6.45) is 7.41. The van der Waals surface area contributed by atoms with Crippen LogP contribution in [0.25, 0.3) is 22.0 Å². The number of aromatic amines is 1. The average molecular weight is 862 g/mol. The molecule has 3 fully saturated rings. The third-order valence-corrected chi connectivity index (χ3v) is 13.1. The number of amides is 3. The van der Waals surface area contributed by atoms with E-state index in [1.54, 1.807) is 11.6 Å². The van der Waals surface area contributed by atoms with Gasteiger partial charge in [0.05, 0.1) is 25.2 Å². The van der Waals surface area contributed by atoms with Crippen LogP contribution in [0.4, 0.5) is 17.1 Å². The van der Waals surface area contributed by atoms with Crippen molar-refractivity contribution in [2.75, 3.05) is 36.7 Å². The third-order valence-electron chi connectivity index (χ3n) is 12.7. The number of carbonyl (C=O) groups is 3. The monoisotopic (exact) mass is 861 g/mol. The third kappa shape index (κ3) is 8.68. The Bertz CT molecular complexity index is 2500. The number of benzene rings is 2. The van der Waals surface area contributed by atoms with Crippen molar-refractivity contribution < 1.29 is 19.5 Å². The highest BCUT2D eigenvalue weighted by Gasteiger charge is 2.40. The van der Waals surface area contributed by atoms with E-state index in [-0.39, 0.29) is 54.6 Å². The number of hydrogen-bond acceptors (Lipinski definition) is 11. The number of nitrogens with zero attached hydrogens (tertiary/aromatic N) is 4. The lowest BCUT2D eigenvalue weighted by molar-refractivity contribution is -0.141. The number of nitrogens with one attached hydrogen (secondary N) is 5. The summed E-state index contributed by atoms with van der Waals surface area (Å²) in [6, 6.07) is 16.2. The van der Waals surface area contributed by atoms with E-state index in [0.29, 0.717) is 43.9 Å². The van der Waals surface area contributed by atoms with Crippen LogP contribution in [0.5, 0.6) is 0 Å². The predicted molar refractivity (Wildman–Crippen MR) is 247 cm³/mol. The lowest BCUT2D eigenvalue weighted by atomic mass is 9.99. The van der Waals surface area contributed by atoms with Gasteiger partial charge in [-0.2, -0.15) is 12.6 Å². The van der Waals surface area contributed by atoms with Crippen LogP contribution in [0.3, 0.4) is 0 Å². The molecule has 2 aromatic heterocycles. The Balaban J connectivity index is 1.01. The Morgan fingerprint density at radius 1 is 1.00 bits per heavy atom. The highest BCUT2D eigenvalue weighted by Crippen LogP contribution is 2.46. The molecule has 0 radical (unpaired) electrons. The van der Waals surface area contributed by atoms with Crippen LogP contribution in [0, 0.1) is 0 Å². The average Bonchev–Trinajstić information content (AvgIpc) is 4.21. The SMILES string of the molecule is CCNC(=O)c1[nH]c2c(=O)n(C)cc3c2c1CN(c1ccccc1)c1ccc(NC(=C2CC2)C(C)NCNC(CN(CO)C(CC)CC(C)N2C(=O)CC(S)C2=O)=C2CC2)cc1-3. The van der Waals surface area contributed by atoms with E-state index in [4.69, 9.17) is 0 Å². The molecule has 4 heterocycles. The van der Waals surface area contributed by atoms with Crippen LogP contribution < -0.4 is 31.7 Å². The summed E-state index contributed by atoms with van der Waals surface area (Å²) in [4.78, 5) is 61.2. The van der Waals surface area contributed by atoms with E-state index in [1.807, 2.05) is 43.1 Å². The molecule has 2 aliphatic carbocycles. The number of H-pyrrole nitrogens is 1.